The standard InChI is InChI=1S/C65H102O24/c1-15-32(5)55(78)89-54-53(85-41(70)25-31(4)18-16-17-30(2)3)60(7,8)26-35-34-19-20-39-62(11)23-22-40(61(9,10)38(62)21-24-63(39,12)64(34,13)51(76)52(77)65(35,54)29-68)84-59-50(88-58-46(75)44(73)42(71)36(27-66)82-58)48(81-33(6)69)47(49(87-59)56(79)80-14)86-57-45(74)43(72)37(28-67)83-57/h17,19,25,32,35-40,42-54,57-59,66-68,71-77H,15-16,18,20-24,26-29H2,1-14H3. The summed E-state index contributed by atoms with van der Waals surface area (Å²) in [6, 6.07) is 0. The largest absolute Gasteiger partial charge is 0.467 e. The van der Waals surface area contributed by atoms with E-state index in [0.717, 1.165) is 37.2 Å². The molecule has 0 bridgehead atoms. The second-order valence-corrected chi connectivity index (χ2v) is 29.0. The number of hydrogen-bond acceptors (Lipinski definition) is 24. The van der Waals surface area contributed by atoms with Gasteiger partial charge in [-0.1, -0.05) is 91.2 Å². The first-order valence-corrected chi connectivity index (χ1v) is 31.8. The van der Waals surface area contributed by atoms with Gasteiger partial charge in [0.1, 0.15) is 54.9 Å². The Morgan fingerprint density at radius 3 is 1.88 bits per heavy atom. The fraction of sp³-hybridized carbons (Fsp3) is 0.846. The molecule has 0 aromatic carbocycles. The lowest BCUT2D eigenvalue weighted by Gasteiger charge is -2.73. The summed E-state index contributed by atoms with van der Waals surface area (Å²) in [5, 5.41) is 113. The minimum absolute atomic E-state index is 0.150. The lowest BCUT2D eigenvalue weighted by atomic mass is 9.32. The zero-order valence-electron chi connectivity index (χ0n) is 54.2. The first-order valence-electron chi connectivity index (χ1n) is 31.8. The molecule has 7 fully saturated rings. The van der Waals surface area contributed by atoms with E-state index in [1.54, 1.807) is 6.92 Å². The third-order valence-corrected chi connectivity index (χ3v) is 22.8. The summed E-state index contributed by atoms with van der Waals surface area (Å²) in [5.74, 6) is -4.80. The number of allylic oxidation sites excluding steroid dienone is 4. The SMILES string of the molecule is CCC(C)C(=O)OC1C(OC(=O)C=C(C)CCC=C(C)C)C(C)(C)CC2C3=CCC4C5(C)CCC(OC6OC(C(=O)OC)C(OC7OC(CO)C(O)C7O)C(OC(C)=O)C6OC6OC(CO)C(O)C(O)C6O)C(C)(C)C5CCC4(C)C3(C)C(O)C(O)C21CO. The number of carbonyl (C=O) groups is 4. The molecule has 8 aliphatic rings. The molecule has 3 saturated heterocycles. The number of hydrogen-bond donors (Lipinski definition) is 10. The smallest absolute Gasteiger partial charge is 0.338 e. The van der Waals surface area contributed by atoms with E-state index < -0.39 is 205 Å². The predicted molar refractivity (Wildman–Crippen MR) is 314 cm³/mol. The molecule has 506 valence electrons. The van der Waals surface area contributed by atoms with Crippen molar-refractivity contribution in [3.63, 3.8) is 0 Å². The van der Waals surface area contributed by atoms with Gasteiger partial charge in [-0.25, -0.2) is 9.59 Å². The van der Waals surface area contributed by atoms with E-state index in [-0.39, 0.29) is 11.8 Å². The maximum atomic E-state index is 14.1. The number of ether oxygens (including phenoxy) is 10. The second-order valence-electron chi connectivity index (χ2n) is 29.0. The molecule has 89 heavy (non-hydrogen) atoms. The molecular formula is C65H102O24. The molecule has 27 atom stereocenters. The minimum Gasteiger partial charge on any atom is -0.467 e. The highest BCUT2D eigenvalue weighted by atomic mass is 16.8. The number of aliphatic hydroxyl groups is 10. The molecule has 3 heterocycles. The van der Waals surface area contributed by atoms with E-state index in [1.165, 1.54) is 6.08 Å². The van der Waals surface area contributed by atoms with E-state index in [9.17, 15) is 70.2 Å². The Balaban J connectivity index is 1.14. The Morgan fingerprint density at radius 1 is 0.697 bits per heavy atom. The molecule has 24 heteroatoms. The van der Waals surface area contributed by atoms with Crippen LogP contribution in [0.2, 0.25) is 0 Å². The number of carbonyl (C=O) groups excluding carboxylic acids is 4. The van der Waals surface area contributed by atoms with Crippen molar-refractivity contribution < 1.29 is 118 Å². The summed E-state index contributed by atoms with van der Waals surface area (Å²) in [6.07, 6.45) is -20.9. The van der Waals surface area contributed by atoms with Gasteiger partial charge in [-0.05, 0) is 113 Å². The van der Waals surface area contributed by atoms with Gasteiger partial charge in [0.25, 0.3) is 0 Å². The fourth-order valence-electron chi connectivity index (χ4n) is 17.4. The van der Waals surface area contributed by atoms with Crippen molar-refractivity contribution in [2.75, 3.05) is 26.9 Å². The number of aliphatic hydroxyl groups excluding tert-OH is 10. The van der Waals surface area contributed by atoms with Crippen molar-refractivity contribution in [3.8, 4) is 0 Å². The van der Waals surface area contributed by atoms with Crippen LogP contribution in [-0.4, -0.2) is 218 Å². The summed E-state index contributed by atoms with van der Waals surface area (Å²) in [7, 11) is 1.06. The molecule has 3 aliphatic heterocycles. The first-order chi connectivity index (χ1) is 41.6. The van der Waals surface area contributed by atoms with Crippen molar-refractivity contribution in [1.82, 2.24) is 0 Å². The zero-order chi connectivity index (χ0) is 66.0. The van der Waals surface area contributed by atoms with Gasteiger partial charge >= 0.3 is 23.9 Å². The Labute approximate surface area is 522 Å². The Kier molecular flexibility index (Phi) is 21.7. The van der Waals surface area contributed by atoms with Crippen LogP contribution in [0.15, 0.2) is 34.9 Å². The van der Waals surface area contributed by atoms with Crippen LogP contribution in [0.1, 0.15) is 148 Å². The van der Waals surface area contributed by atoms with Crippen LogP contribution in [0.3, 0.4) is 0 Å². The second kappa shape index (κ2) is 27.1. The van der Waals surface area contributed by atoms with Gasteiger partial charge in [0, 0.05) is 23.8 Å². The van der Waals surface area contributed by atoms with E-state index in [2.05, 4.69) is 26.0 Å². The monoisotopic (exact) mass is 1270 g/mol. The third kappa shape index (κ3) is 12.5. The Morgan fingerprint density at radius 2 is 1.30 bits per heavy atom. The molecule has 27 unspecified atom stereocenters. The molecule has 0 spiro atoms. The van der Waals surface area contributed by atoms with Crippen molar-refractivity contribution >= 4 is 23.9 Å². The normalized spacial score (nSPS) is 45.3. The van der Waals surface area contributed by atoms with Crippen LogP contribution in [0.4, 0.5) is 0 Å². The predicted octanol–water partition coefficient (Wildman–Crippen LogP) is 2.73. The van der Waals surface area contributed by atoms with E-state index >= 15 is 0 Å². The Bertz CT molecular complexity index is 2630. The van der Waals surface area contributed by atoms with Gasteiger partial charge in [0.15, 0.2) is 43.3 Å². The summed E-state index contributed by atoms with van der Waals surface area (Å²) < 4.78 is 61.5. The van der Waals surface area contributed by atoms with Gasteiger partial charge in [-0.3, -0.25) is 9.59 Å². The molecular weight excluding hydrogens is 1160 g/mol. The lowest BCUT2D eigenvalue weighted by molar-refractivity contribution is -0.383. The topological polar surface area (TPSA) is 363 Å². The van der Waals surface area contributed by atoms with E-state index in [0.29, 0.717) is 51.4 Å². The summed E-state index contributed by atoms with van der Waals surface area (Å²) in [6.45, 7) is 22.6. The number of fused-ring (bicyclic) bond motifs is 7. The highest BCUT2D eigenvalue weighted by Gasteiger charge is 2.76. The summed E-state index contributed by atoms with van der Waals surface area (Å²) >= 11 is 0. The minimum atomic E-state index is -2.00. The maximum Gasteiger partial charge on any atom is 0.338 e. The van der Waals surface area contributed by atoms with Crippen LogP contribution in [0.25, 0.3) is 0 Å². The average Bonchev–Trinajstić information content (AvgIpc) is 0.913. The van der Waals surface area contributed by atoms with Gasteiger partial charge in [-0.15, -0.1) is 0 Å². The Hall–Kier alpha value is -3.54. The van der Waals surface area contributed by atoms with Gasteiger partial charge in [0.2, 0.25) is 0 Å². The van der Waals surface area contributed by atoms with Crippen LogP contribution in [-0.2, 0) is 66.5 Å². The molecule has 8 rings (SSSR count). The van der Waals surface area contributed by atoms with Crippen molar-refractivity contribution in [2.45, 2.75) is 264 Å². The quantitative estimate of drug-likeness (QED) is 0.0292. The zero-order valence-corrected chi connectivity index (χ0v) is 54.2. The van der Waals surface area contributed by atoms with Crippen LogP contribution >= 0.6 is 0 Å². The molecule has 0 radical (unpaired) electrons. The lowest BCUT2D eigenvalue weighted by Crippen LogP contribution is -2.76. The molecule has 10 N–H and O–H groups in total. The molecule has 0 aromatic rings. The number of rotatable bonds is 19. The van der Waals surface area contributed by atoms with Crippen LogP contribution in [0, 0.1) is 56.2 Å². The molecule has 4 saturated carbocycles. The van der Waals surface area contributed by atoms with Gasteiger partial charge in [-0.2, -0.15) is 0 Å². The summed E-state index contributed by atoms with van der Waals surface area (Å²) in [5.41, 5.74) is -3.00. The molecule has 0 amide bonds. The van der Waals surface area contributed by atoms with Crippen molar-refractivity contribution in [2.24, 2.45) is 56.2 Å². The van der Waals surface area contributed by atoms with Crippen LogP contribution in [0.5, 0.6) is 0 Å². The molecule has 5 aliphatic carbocycles. The summed E-state index contributed by atoms with van der Waals surface area (Å²) in [4.78, 5) is 55.3. The van der Waals surface area contributed by atoms with E-state index in [1.807, 2.05) is 62.3 Å². The van der Waals surface area contributed by atoms with Crippen LogP contribution < -0.4 is 0 Å². The van der Waals surface area contributed by atoms with Crippen molar-refractivity contribution in [3.05, 3.63) is 34.9 Å². The van der Waals surface area contributed by atoms with Crippen molar-refractivity contribution in [1.29, 1.82) is 0 Å². The molecule has 0 aromatic heterocycles. The molecule has 24 nitrogen and oxygen atoms in total. The number of esters is 4. The van der Waals surface area contributed by atoms with Gasteiger partial charge < -0.3 is 98.4 Å². The average molecular weight is 1270 g/mol. The van der Waals surface area contributed by atoms with E-state index in [4.69, 9.17) is 47.4 Å². The number of methoxy groups -OCH3 is 1. The highest BCUT2D eigenvalue weighted by molar-refractivity contribution is 5.83. The fourth-order valence-corrected chi connectivity index (χ4v) is 17.4. The highest BCUT2D eigenvalue weighted by Crippen LogP contribution is 2.76. The maximum absolute atomic E-state index is 14.1. The van der Waals surface area contributed by atoms with Gasteiger partial charge in [0.05, 0.1) is 56.6 Å². The third-order valence-electron chi connectivity index (χ3n) is 22.8. The first kappa shape index (κ1) is 71.3.